The van der Waals surface area contributed by atoms with Gasteiger partial charge in [0.1, 0.15) is 8.24 Å². The van der Waals surface area contributed by atoms with Gasteiger partial charge >= 0.3 is 0 Å². The molecule has 1 aliphatic heterocycles. The highest BCUT2D eigenvalue weighted by atomic mass is 28.3. The molecule has 3 nitrogen and oxygen atoms in total. The Bertz CT molecular complexity index is 1080. The molecule has 5 unspecified atom stereocenters. The lowest BCUT2D eigenvalue weighted by atomic mass is 9.83. The van der Waals surface area contributed by atoms with E-state index in [9.17, 15) is 0 Å². The van der Waals surface area contributed by atoms with Crippen LogP contribution in [-0.2, 0) is 0 Å². The smallest absolute Gasteiger partial charge is 0.129 e. The number of nitrogens with zero attached hydrogens (tertiary/aromatic N) is 2. The average Bonchev–Trinajstić information content (AvgIpc) is 3.42. The average molecular weight is 468 g/mol. The van der Waals surface area contributed by atoms with E-state index in [1.165, 1.54) is 5.57 Å². The second-order valence-electron chi connectivity index (χ2n) is 11.5. The number of allylic oxidation sites excluding steroid dienone is 10. The molecule has 6 rings (SSSR count). The molecule has 5 aliphatic rings. The third kappa shape index (κ3) is 3.34. The molecular formula is C30H37N3Si. The fourth-order valence-electron chi connectivity index (χ4n) is 7.74. The van der Waals surface area contributed by atoms with Crippen LogP contribution in [0.2, 0.25) is 18.6 Å². The molecule has 1 N–H and O–H groups in total. The van der Waals surface area contributed by atoms with E-state index in [4.69, 9.17) is 4.98 Å². The molecule has 2 heterocycles. The summed E-state index contributed by atoms with van der Waals surface area (Å²) in [4.78, 5) is 4.72. The molecule has 7 atom stereocenters. The molecule has 1 aromatic heterocycles. The van der Waals surface area contributed by atoms with Crippen LogP contribution in [0.4, 0.5) is 0 Å². The lowest BCUT2D eigenvalue weighted by molar-refractivity contribution is 0.258. The summed E-state index contributed by atoms with van der Waals surface area (Å²) < 4.78 is 2.97. The summed E-state index contributed by atoms with van der Waals surface area (Å²) in [6.07, 6.45) is 28.5. The predicted octanol–water partition coefficient (Wildman–Crippen LogP) is 5.97. The summed E-state index contributed by atoms with van der Waals surface area (Å²) in [5.74, 6) is 3.04. The summed E-state index contributed by atoms with van der Waals surface area (Å²) in [5.41, 5.74) is 3.11. The minimum atomic E-state index is -1.92. The predicted molar refractivity (Wildman–Crippen MR) is 144 cm³/mol. The number of aromatic nitrogens is 1. The normalized spacial score (nSPS) is 38.2. The maximum atomic E-state index is 4.72. The Morgan fingerprint density at radius 1 is 0.853 bits per heavy atom. The maximum Gasteiger partial charge on any atom is 0.129 e. The second-order valence-corrected chi connectivity index (χ2v) is 16.0. The van der Waals surface area contributed by atoms with Crippen LogP contribution in [0, 0.1) is 29.6 Å². The Kier molecular flexibility index (Phi) is 5.51. The van der Waals surface area contributed by atoms with Gasteiger partial charge in [-0.05, 0) is 52.8 Å². The van der Waals surface area contributed by atoms with E-state index in [2.05, 4.69) is 116 Å². The lowest BCUT2D eigenvalue weighted by Crippen LogP contribution is -2.61. The van der Waals surface area contributed by atoms with E-state index in [1.807, 2.05) is 12.3 Å². The van der Waals surface area contributed by atoms with Crippen molar-refractivity contribution in [1.29, 1.82) is 0 Å². The Labute approximate surface area is 205 Å². The van der Waals surface area contributed by atoms with Crippen molar-refractivity contribution in [3.05, 3.63) is 96.9 Å². The Balaban J connectivity index is 1.40. The highest BCUT2D eigenvalue weighted by molar-refractivity contribution is 6.76. The largest absolute Gasteiger partial charge is 0.301 e. The maximum absolute atomic E-state index is 4.72. The monoisotopic (exact) mass is 467 g/mol. The molecule has 0 spiro atoms. The summed E-state index contributed by atoms with van der Waals surface area (Å²) in [7, 11) is -1.92. The summed E-state index contributed by atoms with van der Waals surface area (Å²) in [6, 6.07) is 6.93. The molecule has 176 valence electrons. The highest BCUT2D eigenvalue weighted by Gasteiger charge is 2.59. The van der Waals surface area contributed by atoms with Gasteiger partial charge in [0.15, 0.2) is 0 Å². The fraction of sp³-hybridized carbons (Fsp3) is 0.433. The van der Waals surface area contributed by atoms with Crippen LogP contribution in [-0.4, -0.2) is 36.0 Å². The standard InChI is InChI=1S/C30H37N3Si/c1-20(2)30-32-28-25(26-17-9-10-19-31-26)16-11-18-27(28)33(30)34(3,4)29-23-14-7-5-12-21(23)22-13-6-8-15-24(22)29/h5-24,27-30,32H,1-4H3/t21?,22?,23?,24?,27-,28?,29?,30+/m1/s1. The molecule has 0 bridgehead atoms. The first-order valence-corrected chi connectivity index (χ1v) is 16.0. The van der Waals surface area contributed by atoms with Crippen molar-refractivity contribution in [2.45, 2.75) is 50.7 Å². The first-order valence-electron chi connectivity index (χ1n) is 13.0. The van der Waals surface area contributed by atoms with Gasteiger partial charge in [-0.25, -0.2) is 0 Å². The Morgan fingerprint density at radius 3 is 2.09 bits per heavy atom. The van der Waals surface area contributed by atoms with Gasteiger partial charge in [0.2, 0.25) is 0 Å². The molecule has 0 radical (unpaired) electrons. The number of pyridine rings is 1. The number of nitrogens with one attached hydrogen (secondary N) is 1. The van der Waals surface area contributed by atoms with Crippen LogP contribution in [0.5, 0.6) is 0 Å². The molecule has 2 fully saturated rings. The Hall–Kier alpha value is -2.27. The third-order valence-corrected chi connectivity index (χ3v) is 13.3. The van der Waals surface area contributed by atoms with Gasteiger partial charge in [-0.3, -0.25) is 10.3 Å². The summed E-state index contributed by atoms with van der Waals surface area (Å²) in [6.45, 7) is 10.1. The minimum absolute atomic E-state index is 0.288. The van der Waals surface area contributed by atoms with Crippen LogP contribution in [0.1, 0.15) is 19.5 Å². The topological polar surface area (TPSA) is 28.2 Å². The van der Waals surface area contributed by atoms with Gasteiger partial charge in [-0.2, -0.15) is 0 Å². The van der Waals surface area contributed by atoms with Gasteiger partial charge in [0, 0.05) is 12.2 Å². The van der Waals surface area contributed by atoms with Crippen molar-refractivity contribution in [3.8, 4) is 0 Å². The van der Waals surface area contributed by atoms with E-state index in [0.29, 0.717) is 47.3 Å². The van der Waals surface area contributed by atoms with E-state index in [-0.39, 0.29) is 6.04 Å². The van der Waals surface area contributed by atoms with Crippen molar-refractivity contribution < 1.29 is 0 Å². The van der Waals surface area contributed by atoms with Gasteiger partial charge in [-0.15, -0.1) is 0 Å². The zero-order valence-corrected chi connectivity index (χ0v) is 21.8. The first kappa shape index (κ1) is 22.2. The number of rotatable bonds is 4. The molecular weight excluding hydrogens is 430 g/mol. The van der Waals surface area contributed by atoms with Crippen LogP contribution in [0.15, 0.2) is 91.2 Å². The molecule has 34 heavy (non-hydrogen) atoms. The van der Waals surface area contributed by atoms with Gasteiger partial charge < -0.3 is 4.57 Å². The summed E-state index contributed by atoms with van der Waals surface area (Å²) >= 11 is 0. The van der Waals surface area contributed by atoms with Crippen LogP contribution in [0.25, 0.3) is 5.57 Å². The zero-order valence-electron chi connectivity index (χ0n) is 20.8. The highest BCUT2D eigenvalue weighted by Crippen LogP contribution is 2.59. The van der Waals surface area contributed by atoms with Gasteiger partial charge in [0.05, 0.1) is 17.9 Å². The van der Waals surface area contributed by atoms with Gasteiger partial charge in [-0.1, -0.05) is 99.8 Å². The molecule has 0 aromatic carbocycles. The first-order chi connectivity index (χ1) is 16.5. The van der Waals surface area contributed by atoms with E-state index in [0.717, 1.165) is 5.69 Å². The van der Waals surface area contributed by atoms with E-state index in [1.54, 1.807) is 0 Å². The zero-order chi connectivity index (χ0) is 23.4. The number of fused-ring (bicyclic) bond motifs is 4. The third-order valence-electron chi connectivity index (χ3n) is 9.02. The van der Waals surface area contributed by atoms with E-state index < -0.39 is 8.24 Å². The van der Waals surface area contributed by atoms with Crippen molar-refractivity contribution >= 4 is 13.8 Å². The molecule has 4 heteroatoms. The van der Waals surface area contributed by atoms with Crippen molar-refractivity contribution in [2.24, 2.45) is 29.6 Å². The second kappa shape index (κ2) is 8.44. The molecule has 1 aromatic rings. The van der Waals surface area contributed by atoms with Crippen LogP contribution >= 0.6 is 0 Å². The van der Waals surface area contributed by atoms with Gasteiger partial charge in [0.25, 0.3) is 0 Å². The molecule has 1 saturated heterocycles. The van der Waals surface area contributed by atoms with Crippen LogP contribution in [0.3, 0.4) is 0 Å². The summed E-state index contributed by atoms with van der Waals surface area (Å²) in [5, 5.41) is 4.10. The SMILES string of the molecule is CC(C)[C@H]1NC2C(c3ccccn3)=CC=C[C@H]2N1[Si](C)(C)C1C2C=CC=CC2C2C=CC=CC21. The van der Waals surface area contributed by atoms with Crippen molar-refractivity contribution in [2.75, 3.05) is 0 Å². The Morgan fingerprint density at radius 2 is 1.50 bits per heavy atom. The van der Waals surface area contributed by atoms with Crippen molar-refractivity contribution in [1.82, 2.24) is 14.9 Å². The quantitative estimate of drug-likeness (QED) is 0.553. The lowest BCUT2D eigenvalue weighted by Gasteiger charge is -2.49. The molecule has 1 saturated carbocycles. The molecule has 0 amide bonds. The number of hydrogen-bond donors (Lipinski definition) is 1. The van der Waals surface area contributed by atoms with Crippen LogP contribution < -0.4 is 5.32 Å². The number of hydrogen-bond acceptors (Lipinski definition) is 3. The fourth-order valence-corrected chi connectivity index (χ4v) is 12.7. The minimum Gasteiger partial charge on any atom is -0.301 e. The molecule has 4 aliphatic carbocycles. The van der Waals surface area contributed by atoms with Crippen molar-refractivity contribution in [3.63, 3.8) is 0 Å². The van der Waals surface area contributed by atoms with E-state index >= 15 is 0 Å².